The van der Waals surface area contributed by atoms with Crippen LogP contribution in [0.25, 0.3) is 33.2 Å². The Hall–Kier alpha value is -2.46. The van der Waals surface area contributed by atoms with Gasteiger partial charge in [0.05, 0.1) is 22.4 Å². The summed E-state index contributed by atoms with van der Waals surface area (Å²) in [5.74, 6) is 0. The maximum atomic E-state index is 6.22. The summed E-state index contributed by atoms with van der Waals surface area (Å²) in [7, 11) is 1.65. The zero-order valence-corrected chi connectivity index (χ0v) is 12.1. The number of hydrogen-bond acceptors (Lipinski definition) is 2. The first-order chi connectivity index (χ1) is 10.3. The highest BCUT2D eigenvalue weighted by atomic mass is 35.5. The number of nitrogens with zero attached hydrogens (tertiary/aromatic N) is 2. The van der Waals surface area contributed by atoms with Crippen LogP contribution in [0.4, 0.5) is 0 Å². The molecule has 0 saturated carbocycles. The number of halogens is 1. The molecule has 1 N–H and O–H groups in total. The molecule has 0 unspecified atom stereocenters. The minimum Gasteiger partial charge on any atom is -0.417 e. The van der Waals surface area contributed by atoms with Gasteiger partial charge in [-0.05, 0) is 18.2 Å². The van der Waals surface area contributed by atoms with Gasteiger partial charge in [-0.2, -0.15) is 4.73 Å². The van der Waals surface area contributed by atoms with Gasteiger partial charge in [0, 0.05) is 22.5 Å². The Kier molecular flexibility index (Phi) is 2.65. The fourth-order valence-electron chi connectivity index (χ4n) is 2.66. The van der Waals surface area contributed by atoms with Crippen molar-refractivity contribution >= 4 is 33.5 Å². The monoisotopic (exact) mass is 297 g/mol. The molecular weight excluding hydrogens is 286 g/mol. The van der Waals surface area contributed by atoms with Crippen LogP contribution in [-0.4, -0.2) is 21.8 Å². The maximum Gasteiger partial charge on any atom is 0.139 e. The number of hydrogen-bond donors (Lipinski definition) is 1. The molecule has 3 aromatic heterocycles. The lowest BCUT2D eigenvalue weighted by Gasteiger charge is -1.99. The molecule has 0 saturated heterocycles. The molecular formula is C16H12ClN3O. The van der Waals surface area contributed by atoms with Crippen molar-refractivity contribution in [1.29, 1.82) is 0 Å². The van der Waals surface area contributed by atoms with E-state index in [9.17, 15) is 0 Å². The molecule has 21 heavy (non-hydrogen) atoms. The number of H-pyrrole nitrogens is 1. The van der Waals surface area contributed by atoms with Crippen molar-refractivity contribution in [3.05, 3.63) is 53.8 Å². The first-order valence-corrected chi connectivity index (χ1v) is 6.94. The Morgan fingerprint density at radius 3 is 2.86 bits per heavy atom. The van der Waals surface area contributed by atoms with Gasteiger partial charge in [-0.25, -0.2) is 4.98 Å². The van der Waals surface area contributed by atoms with Gasteiger partial charge in [0.2, 0.25) is 0 Å². The summed E-state index contributed by atoms with van der Waals surface area (Å²) in [5, 5.41) is 2.73. The number of fused-ring (bicyclic) bond motifs is 2. The smallest absolute Gasteiger partial charge is 0.139 e. The van der Waals surface area contributed by atoms with E-state index in [1.54, 1.807) is 24.1 Å². The number of aromatic amines is 1. The van der Waals surface area contributed by atoms with Crippen LogP contribution in [-0.2, 0) is 0 Å². The largest absolute Gasteiger partial charge is 0.417 e. The van der Waals surface area contributed by atoms with Gasteiger partial charge in [-0.1, -0.05) is 29.8 Å². The van der Waals surface area contributed by atoms with Gasteiger partial charge in [-0.15, -0.1) is 0 Å². The zero-order chi connectivity index (χ0) is 14.4. The molecule has 0 bridgehead atoms. The van der Waals surface area contributed by atoms with E-state index in [-0.39, 0.29) is 0 Å². The zero-order valence-electron chi connectivity index (χ0n) is 11.3. The van der Waals surface area contributed by atoms with E-state index in [1.807, 2.05) is 30.5 Å². The molecule has 4 nitrogen and oxygen atoms in total. The summed E-state index contributed by atoms with van der Waals surface area (Å²) in [6.07, 6.45) is 3.66. The van der Waals surface area contributed by atoms with Crippen molar-refractivity contribution in [2.45, 2.75) is 0 Å². The lowest BCUT2D eigenvalue weighted by molar-refractivity contribution is 0.179. The van der Waals surface area contributed by atoms with Crippen LogP contribution in [0.2, 0.25) is 5.02 Å². The van der Waals surface area contributed by atoms with Crippen LogP contribution >= 0.6 is 11.6 Å². The molecule has 0 fully saturated rings. The highest BCUT2D eigenvalue weighted by molar-refractivity contribution is 6.35. The topological polar surface area (TPSA) is 42.8 Å². The van der Waals surface area contributed by atoms with Crippen molar-refractivity contribution in [2.75, 3.05) is 7.11 Å². The van der Waals surface area contributed by atoms with Crippen molar-refractivity contribution in [3.8, 4) is 11.3 Å². The van der Waals surface area contributed by atoms with Gasteiger partial charge in [0.1, 0.15) is 12.8 Å². The summed E-state index contributed by atoms with van der Waals surface area (Å²) >= 11 is 6.22. The number of pyridine rings is 1. The Labute approximate surface area is 125 Å². The van der Waals surface area contributed by atoms with Crippen molar-refractivity contribution < 1.29 is 4.84 Å². The quantitative estimate of drug-likeness (QED) is 0.610. The third-order valence-electron chi connectivity index (χ3n) is 3.64. The molecule has 4 aromatic rings. The SMILES string of the molecule is COn1cc(-c2cc3c(Cl)ccnc3[nH]2)c2ccccc21. The molecule has 104 valence electrons. The predicted octanol–water partition coefficient (Wildman–Crippen LogP) is 3.90. The molecule has 4 rings (SSSR count). The Morgan fingerprint density at radius 1 is 1.19 bits per heavy atom. The maximum absolute atomic E-state index is 6.22. The van der Waals surface area contributed by atoms with Crippen LogP contribution in [0.1, 0.15) is 0 Å². The van der Waals surface area contributed by atoms with E-state index in [0.717, 1.165) is 33.2 Å². The minimum absolute atomic E-state index is 0.693. The van der Waals surface area contributed by atoms with E-state index >= 15 is 0 Å². The van der Waals surface area contributed by atoms with E-state index in [0.29, 0.717) is 5.02 Å². The van der Waals surface area contributed by atoms with Crippen LogP contribution in [0, 0.1) is 0 Å². The number of nitrogens with one attached hydrogen (secondary N) is 1. The number of para-hydroxylation sites is 1. The van der Waals surface area contributed by atoms with Crippen molar-refractivity contribution in [2.24, 2.45) is 0 Å². The molecule has 0 aliphatic carbocycles. The Morgan fingerprint density at radius 2 is 2.05 bits per heavy atom. The molecule has 5 heteroatoms. The van der Waals surface area contributed by atoms with Gasteiger partial charge >= 0.3 is 0 Å². The molecule has 0 atom stereocenters. The van der Waals surface area contributed by atoms with Gasteiger partial charge in [0.15, 0.2) is 0 Å². The molecule has 0 spiro atoms. The second kappa shape index (κ2) is 4.53. The normalized spacial score (nSPS) is 11.3. The molecule has 0 amide bonds. The minimum atomic E-state index is 0.693. The molecule has 0 aliphatic heterocycles. The number of rotatable bonds is 2. The summed E-state index contributed by atoms with van der Waals surface area (Å²) in [6.45, 7) is 0. The number of benzene rings is 1. The van der Waals surface area contributed by atoms with E-state index in [4.69, 9.17) is 16.4 Å². The summed E-state index contributed by atoms with van der Waals surface area (Å²) in [6, 6.07) is 11.9. The average Bonchev–Trinajstić information content (AvgIpc) is 3.09. The van der Waals surface area contributed by atoms with Crippen LogP contribution < -0.4 is 4.84 Å². The molecule has 3 heterocycles. The molecule has 0 radical (unpaired) electrons. The average molecular weight is 298 g/mol. The third kappa shape index (κ3) is 1.80. The predicted molar refractivity (Wildman–Crippen MR) is 84.5 cm³/mol. The lowest BCUT2D eigenvalue weighted by atomic mass is 10.1. The van der Waals surface area contributed by atoms with Crippen molar-refractivity contribution in [3.63, 3.8) is 0 Å². The second-order valence-electron chi connectivity index (χ2n) is 4.81. The first kappa shape index (κ1) is 12.3. The third-order valence-corrected chi connectivity index (χ3v) is 3.97. The second-order valence-corrected chi connectivity index (χ2v) is 5.21. The highest BCUT2D eigenvalue weighted by Crippen LogP contribution is 2.33. The highest BCUT2D eigenvalue weighted by Gasteiger charge is 2.13. The molecule has 0 aliphatic rings. The summed E-state index contributed by atoms with van der Waals surface area (Å²) in [5.41, 5.74) is 3.83. The van der Waals surface area contributed by atoms with Gasteiger partial charge in [0.25, 0.3) is 0 Å². The van der Waals surface area contributed by atoms with Gasteiger partial charge in [-0.3, -0.25) is 0 Å². The Bertz CT molecular complexity index is 955. The van der Waals surface area contributed by atoms with Crippen LogP contribution in [0.5, 0.6) is 0 Å². The lowest BCUT2D eigenvalue weighted by Crippen LogP contribution is -2.02. The molecule has 1 aromatic carbocycles. The van der Waals surface area contributed by atoms with Crippen LogP contribution in [0.15, 0.2) is 48.8 Å². The standard InChI is InChI=1S/C16H12ClN3O/c1-21-20-9-12(10-4-2-3-5-15(10)20)14-8-11-13(17)6-7-18-16(11)19-14/h2-9H,1H3,(H,18,19). The van der Waals surface area contributed by atoms with Crippen LogP contribution in [0.3, 0.4) is 0 Å². The fraction of sp³-hybridized carbons (Fsp3) is 0.0625. The van der Waals surface area contributed by atoms with Crippen molar-refractivity contribution in [1.82, 2.24) is 14.7 Å². The Balaban J connectivity index is 2.02. The van der Waals surface area contributed by atoms with E-state index in [1.165, 1.54) is 0 Å². The number of aromatic nitrogens is 3. The first-order valence-electron chi connectivity index (χ1n) is 6.56. The van der Waals surface area contributed by atoms with Gasteiger partial charge < -0.3 is 9.82 Å². The van der Waals surface area contributed by atoms with E-state index < -0.39 is 0 Å². The summed E-state index contributed by atoms with van der Waals surface area (Å²) in [4.78, 5) is 13.0. The summed E-state index contributed by atoms with van der Waals surface area (Å²) < 4.78 is 1.76. The fourth-order valence-corrected chi connectivity index (χ4v) is 2.86. The van der Waals surface area contributed by atoms with E-state index in [2.05, 4.69) is 16.0 Å².